The standard InChI is InChI=1S/C10H19N.C4H10/c1-9-4-3-7-11(8-9)10-5-2-6-10;1-4(2)3/h9-10H,2-8H2,1H3;4H,1-3H3/t9-;/m0./s1. The van der Waals surface area contributed by atoms with E-state index in [0.717, 1.165) is 17.9 Å². The van der Waals surface area contributed by atoms with Gasteiger partial charge in [-0.3, -0.25) is 0 Å². The first-order valence-corrected chi connectivity index (χ1v) is 6.83. The molecule has 1 aliphatic heterocycles. The lowest BCUT2D eigenvalue weighted by atomic mass is 9.88. The Kier molecular flexibility index (Phi) is 5.66. The van der Waals surface area contributed by atoms with Crippen molar-refractivity contribution >= 4 is 0 Å². The third kappa shape index (κ3) is 5.01. The van der Waals surface area contributed by atoms with Gasteiger partial charge < -0.3 is 4.90 Å². The van der Waals surface area contributed by atoms with Crippen LogP contribution in [0.5, 0.6) is 0 Å². The van der Waals surface area contributed by atoms with Gasteiger partial charge in [0.05, 0.1) is 0 Å². The maximum Gasteiger partial charge on any atom is 0.00953 e. The van der Waals surface area contributed by atoms with Gasteiger partial charge in [0.2, 0.25) is 0 Å². The molecule has 1 saturated heterocycles. The summed E-state index contributed by atoms with van der Waals surface area (Å²) in [7, 11) is 0. The highest BCUT2D eigenvalue weighted by Gasteiger charge is 2.27. The lowest BCUT2D eigenvalue weighted by Crippen LogP contribution is -2.45. The minimum absolute atomic E-state index is 0.833. The molecule has 2 rings (SSSR count). The van der Waals surface area contributed by atoms with Crippen LogP contribution in [-0.2, 0) is 0 Å². The fraction of sp³-hybridized carbons (Fsp3) is 1.00. The van der Waals surface area contributed by atoms with Crippen molar-refractivity contribution in [3.8, 4) is 0 Å². The summed E-state index contributed by atoms with van der Waals surface area (Å²) in [4.78, 5) is 2.72. The first kappa shape index (κ1) is 13.0. The zero-order chi connectivity index (χ0) is 11.3. The lowest BCUT2D eigenvalue weighted by Gasteiger charge is -2.41. The molecule has 0 aromatic rings. The van der Waals surface area contributed by atoms with E-state index < -0.39 is 0 Å². The molecule has 0 spiro atoms. The van der Waals surface area contributed by atoms with Crippen LogP contribution in [-0.4, -0.2) is 24.0 Å². The summed E-state index contributed by atoms with van der Waals surface area (Å²) < 4.78 is 0. The van der Waals surface area contributed by atoms with E-state index in [-0.39, 0.29) is 0 Å². The van der Waals surface area contributed by atoms with Gasteiger partial charge in [-0.2, -0.15) is 0 Å². The molecule has 0 unspecified atom stereocenters. The number of piperidine rings is 1. The summed E-state index contributed by atoms with van der Waals surface area (Å²) in [5.74, 6) is 1.80. The van der Waals surface area contributed by atoms with Gasteiger partial charge in [0.15, 0.2) is 0 Å². The Morgan fingerprint density at radius 3 is 2.00 bits per heavy atom. The SMILES string of the molecule is CC(C)C.C[C@H]1CCCN(C2CCC2)C1. The second-order valence-electron chi connectivity index (χ2n) is 6.06. The fourth-order valence-electron chi connectivity index (χ4n) is 2.31. The Balaban J connectivity index is 0.000000245. The molecule has 0 radical (unpaired) electrons. The van der Waals surface area contributed by atoms with Crippen molar-refractivity contribution in [3.63, 3.8) is 0 Å². The molecule has 1 atom stereocenters. The van der Waals surface area contributed by atoms with Gasteiger partial charge in [0.1, 0.15) is 0 Å². The predicted octanol–water partition coefficient (Wildman–Crippen LogP) is 3.93. The fourth-order valence-corrected chi connectivity index (χ4v) is 2.31. The number of nitrogens with zero attached hydrogens (tertiary/aromatic N) is 1. The summed E-state index contributed by atoms with van der Waals surface area (Å²) in [6, 6.07) is 0.984. The number of hydrogen-bond donors (Lipinski definition) is 0. The first-order valence-electron chi connectivity index (χ1n) is 6.83. The maximum atomic E-state index is 2.72. The van der Waals surface area contributed by atoms with Crippen LogP contribution in [0.25, 0.3) is 0 Å². The third-order valence-electron chi connectivity index (χ3n) is 3.28. The number of rotatable bonds is 1. The minimum atomic E-state index is 0.833. The van der Waals surface area contributed by atoms with Crippen molar-refractivity contribution in [3.05, 3.63) is 0 Å². The Bertz CT molecular complexity index is 158. The van der Waals surface area contributed by atoms with Crippen molar-refractivity contribution in [2.75, 3.05) is 13.1 Å². The average Bonchev–Trinajstić information content (AvgIpc) is 1.99. The first-order chi connectivity index (χ1) is 7.09. The topological polar surface area (TPSA) is 3.24 Å². The highest BCUT2D eigenvalue weighted by molar-refractivity contribution is 4.83. The molecule has 15 heavy (non-hydrogen) atoms. The van der Waals surface area contributed by atoms with Gasteiger partial charge in [0.25, 0.3) is 0 Å². The summed E-state index contributed by atoms with van der Waals surface area (Å²) in [5.41, 5.74) is 0. The van der Waals surface area contributed by atoms with Crippen molar-refractivity contribution in [1.82, 2.24) is 4.90 Å². The number of likely N-dealkylation sites (tertiary alicyclic amines) is 1. The van der Waals surface area contributed by atoms with E-state index in [1.54, 1.807) is 0 Å². The zero-order valence-electron chi connectivity index (χ0n) is 11.1. The van der Waals surface area contributed by atoms with Crippen molar-refractivity contribution in [1.29, 1.82) is 0 Å². The number of hydrogen-bond acceptors (Lipinski definition) is 1. The molecule has 1 saturated carbocycles. The summed E-state index contributed by atoms with van der Waals surface area (Å²) in [6.45, 7) is 11.7. The van der Waals surface area contributed by atoms with Gasteiger partial charge in [-0.1, -0.05) is 34.1 Å². The van der Waals surface area contributed by atoms with Crippen molar-refractivity contribution < 1.29 is 0 Å². The van der Waals surface area contributed by atoms with Crippen molar-refractivity contribution in [2.45, 2.75) is 65.8 Å². The van der Waals surface area contributed by atoms with Gasteiger partial charge >= 0.3 is 0 Å². The Morgan fingerprint density at radius 1 is 1.00 bits per heavy atom. The monoisotopic (exact) mass is 211 g/mol. The minimum Gasteiger partial charge on any atom is -0.300 e. The molecule has 0 aromatic heterocycles. The predicted molar refractivity (Wildman–Crippen MR) is 68.1 cm³/mol. The van der Waals surface area contributed by atoms with Crippen LogP contribution in [0.15, 0.2) is 0 Å². The van der Waals surface area contributed by atoms with Crippen LogP contribution < -0.4 is 0 Å². The van der Waals surface area contributed by atoms with Crippen LogP contribution >= 0.6 is 0 Å². The molecular weight excluding hydrogens is 182 g/mol. The van der Waals surface area contributed by atoms with E-state index in [2.05, 4.69) is 32.6 Å². The lowest BCUT2D eigenvalue weighted by molar-refractivity contribution is 0.0817. The molecule has 2 aliphatic rings. The molecule has 0 N–H and O–H groups in total. The largest absolute Gasteiger partial charge is 0.300 e. The highest BCUT2D eigenvalue weighted by Crippen LogP contribution is 2.28. The van der Waals surface area contributed by atoms with Gasteiger partial charge in [-0.25, -0.2) is 0 Å². The molecule has 2 fully saturated rings. The van der Waals surface area contributed by atoms with E-state index in [1.165, 1.54) is 45.2 Å². The third-order valence-corrected chi connectivity index (χ3v) is 3.28. The molecule has 1 heterocycles. The average molecular weight is 211 g/mol. The van der Waals surface area contributed by atoms with Gasteiger partial charge in [0, 0.05) is 12.6 Å². The maximum absolute atomic E-state index is 2.72. The van der Waals surface area contributed by atoms with E-state index >= 15 is 0 Å². The quantitative estimate of drug-likeness (QED) is 0.635. The Morgan fingerprint density at radius 2 is 1.60 bits per heavy atom. The van der Waals surface area contributed by atoms with Crippen LogP contribution in [0, 0.1) is 11.8 Å². The van der Waals surface area contributed by atoms with Crippen LogP contribution in [0.2, 0.25) is 0 Å². The zero-order valence-corrected chi connectivity index (χ0v) is 11.1. The van der Waals surface area contributed by atoms with E-state index in [0.29, 0.717) is 0 Å². The molecule has 0 aromatic carbocycles. The van der Waals surface area contributed by atoms with Crippen LogP contribution in [0.4, 0.5) is 0 Å². The molecule has 90 valence electrons. The van der Waals surface area contributed by atoms with E-state index in [9.17, 15) is 0 Å². The molecular formula is C14H29N. The molecule has 1 heteroatoms. The Labute approximate surface area is 96.2 Å². The second-order valence-corrected chi connectivity index (χ2v) is 6.06. The van der Waals surface area contributed by atoms with E-state index in [1.807, 2.05) is 0 Å². The molecule has 1 aliphatic carbocycles. The summed E-state index contributed by atoms with van der Waals surface area (Å²) in [6.07, 6.45) is 7.34. The van der Waals surface area contributed by atoms with Gasteiger partial charge in [-0.15, -0.1) is 0 Å². The summed E-state index contributed by atoms with van der Waals surface area (Å²) in [5, 5.41) is 0. The molecule has 0 bridgehead atoms. The van der Waals surface area contributed by atoms with Gasteiger partial charge in [-0.05, 0) is 44.1 Å². The van der Waals surface area contributed by atoms with E-state index in [4.69, 9.17) is 0 Å². The smallest absolute Gasteiger partial charge is 0.00953 e. The molecule has 1 nitrogen and oxygen atoms in total. The van der Waals surface area contributed by atoms with Crippen molar-refractivity contribution in [2.24, 2.45) is 11.8 Å². The highest BCUT2D eigenvalue weighted by atomic mass is 15.2. The Hall–Kier alpha value is -0.0400. The van der Waals surface area contributed by atoms with Crippen LogP contribution in [0.3, 0.4) is 0 Å². The normalized spacial score (nSPS) is 28.2. The second kappa shape index (κ2) is 6.52. The molecule has 0 amide bonds. The summed E-state index contributed by atoms with van der Waals surface area (Å²) >= 11 is 0. The van der Waals surface area contributed by atoms with Crippen LogP contribution in [0.1, 0.15) is 59.8 Å².